The lowest BCUT2D eigenvalue weighted by molar-refractivity contribution is -0.134. The van der Waals surface area contributed by atoms with Crippen molar-refractivity contribution in [3.05, 3.63) is 28.2 Å². The molecule has 0 aliphatic carbocycles. The van der Waals surface area contributed by atoms with Crippen LogP contribution < -0.4 is 10.1 Å². The van der Waals surface area contributed by atoms with E-state index < -0.39 is 0 Å². The number of ether oxygens (including phenoxy) is 1. The Hall–Kier alpha value is -0.780. The van der Waals surface area contributed by atoms with Crippen LogP contribution in [0.2, 0.25) is 0 Å². The molecule has 0 radical (unpaired) electrons. The van der Waals surface area contributed by atoms with Gasteiger partial charge in [0.05, 0.1) is 11.6 Å². The fourth-order valence-corrected chi connectivity index (χ4v) is 3.72. The van der Waals surface area contributed by atoms with E-state index in [1.165, 1.54) is 0 Å². The number of hydrogen-bond acceptors (Lipinski definition) is 3. The van der Waals surface area contributed by atoms with Gasteiger partial charge in [-0.15, -0.1) is 12.4 Å². The smallest absolute Gasteiger partial charge is 0.223 e. The zero-order valence-corrected chi connectivity index (χ0v) is 16.9. The molecule has 136 valence electrons. The molecule has 1 aliphatic rings. The van der Waals surface area contributed by atoms with Gasteiger partial charge in [0, 0.05) is 19.0 Å². The SMILES string of the molecule is CCCN(C(=O)CCc1ccc(OC)c(Br)c1)C1CCNCC1.Cl. The molecule has 6 heteroatoms. The molecule has 0 bridgehead atoms. The van der Waals surface area contributed by atoms with E-state index in [-0.39, 0.29) is 18.3 Å². The Morgan fingerprint density at radius 3 is 2.67 bits per heavy atom. The highest BCUT2D eigenvalue weighted by Gasteiger charge is 2.24. The first kappa shape index (κ1) is 21.3. The van der Waals surface area contributed by atoms with Crippen molar-refractivity contribution in [2.45, 2.75) is 45.1 Å². The van der Waals surface area contributed by atoms with E-state index in [1.807, 2.05) is 18.2 Å². The average molecular weight is 420 g/mol. The molecule has 0 spiro atoms. The summed E-state index contributed by atoms with van der Waals surface area (Å²) in [6.45, 7) is 5.05. The number of methoxy groups -OCH3 is 1. The highest BCUT2D eigenvalue weighted by Crippen LogP contribution is 2.26. The van der Waals surface area contributed by atoms with E-state index in [4.69, 9.17) is 4.74 Å². The minimum Gasteiger partial charge on any atom is -0.496 e. The summed E-state index contributed by atoms with van der Waals surface area (Å²) in [7, 11) is 1.66. The fraction of sp³-hybridized carbons (Fsp3) is 0.611. The Bertz CT molecular complexity index is 522. The molecule has 1 fully saturated rings. The first-order valence-electron chi connectivity index (χ1n) is 8.48. The van der Waals surface area contributed by atoms with E-state index in [1.54, 1.807) is 7.11 Å². The number of carbonyl (C=O) groups excluding carboxylic acids is 1. The summed E-state index contributed by atoms with van der Waals surface area (Å²) in [5.74, 6) is 1.10. The fourth-order valence-electron chi connectivity index (χ4n) is 3.13. The van der Waals surface area contributed by atoms with Crippen LogP contribution in [0.15, 0.2) is 22.7 Å². The normalized spacial score (nSPS) is 14.8. The first-order chi connectivity index (χ1) is 11.2. The molecule has 0 saturated carbocycles. The number of amides is 1. The molecule has 0 aromatic heterocycles. The third kappa shape index (κ3) is 5.94. The van der Waals surface area contributed by atoms with Gasteiger partial charge in [0.2, 0.25) is 5.91 Å². The van der Waals surface area contributed by atoms with Crippen LogP contribution in [0.5, 0.6) is 5.75 Å². The van der Waals surface area contributed by atoms with Crippen LogP contribution >= 0.6 is 28.3 Å². The molecule has 1 aliphatic heterocycles. The summed E-state index contributed by atoms with van der Waals surface area (Å²) in [5.41, 5.74) is 1.16. The van der Waals surface area contributed by atoms with Crippen molar-refractivity contribution in [1.29, 1.82) is 0 Å². The topological polar surface area (TPSA) is 41.6 Å². The molecule has 1 heterocycles. The molecule has 1 aromatic carbocycles. The maximum atomic E-state index is 12.7. The molecular formula is C18H28BrClN2O2. The van der Waals surface area contributed by atoms with E-state index in [0.29, 0.717) is 12.5 Å². The molecule has 4 nitrogen and oxygen atoms in total. The minimum absolute atomic E-state index is 0. The number of carbonyl (C=O) groups is 1. The first-order valence-corrected chi connectivity index (χ1v) is 9.27. The van der Waals surface area contributed by atoms with Crippen LogP contribution in [0.3, 0.4) is 0 Å². The Balaban J connectivity index is 0.00000288. The maximum Gasteiger partial charge on any atom is 0.223 e. The van der Waals surface area contributed by atoms with E-state index in [0.717, 1.165) is 61.1 Å². The molecule has 1 aromatic rings. The Labute approximate surface area is 159 Å². The van der Waals surface area contributed by atoms with Crippen LogP contribution in [0.25, 0.3) is 0 Å². The van der Waals surface area contributed by atoms with Crippen molar-refractivity contribution in [1.82, 2.24) is 10.2 Å². The van der Waals surface area contributed by atoms with E-state index in [2.05, 4.69) is 33.1 Å². The summed E-state index contributed by atoms with van der Waals surface area (Å²) in [5, 5.41) is 3.37. The third-order valence-electron chi connectivity index (χ3n) is 4.38. The van der Waals surface area contributed by atoms with Gasteiger partial charge in [-0.25, -0.2) is 0 Å². The van der Waals surface area contributed by atoms with Crippen molar-refractivity contribution in [3.8, 4) is 5.75 Å². The van der Waals surface area contributed by atoms with Crippen LogP contribution in [0.1, 0.15) is 38.2 Å². The Kier molecular flexibility index (Phi) is 9.71. The molecule has 1 amide bonds. The van der Waals surface area contributed by atoms with Crippen LogP contribution in [-0.2, 0) is 11.2 Å². The van der Waals surface area contributed by atoms with Gasteiger partial charge in [-0.1, -0.05) is 13.0 Å². The summed E-state index contributed by atoms with van der Waals surface area (Å²) < 4.78 is 6.19. The second kappa shape index (κ2) is 11.0. The number of rotatable bonds is 7. The quantitative estimate of drug-likeness (QED) is 0.731. The van der Waals surface area contributed by atoms with Gasteiger partial charge in [0.25, 0.3) is 0 Å². The van der Waals surface area contributed by atoms with Crippen LogP contribution in [0, 0.1) is 0 Å². The van der Waals surface area contributed by atoms with Crippen LogP contribution in [0.4, 0.5) is 0 Å². The molecule has 0 atom stereocenters. The zero-order valence-electron chi connectivity index (χ0n) is 14.5. The standard InChI is InChI=1S/C18H27BrN2O2.ClH/c1-3-12-21(15-8-10-20-11-9-15)18(22)7-5-14-4-6-17(23-2)16(19)13-14;/h4,6,13,15,20H,3,5,7-12H2,1-2H3;1H. The highest BCUT2D eigenvalue weighted by molar-refractivity contribution is 9.10. The van der Waals surface area contributed by atoms with Gasteiger partial charge < -0.3 is 15.0 Å². The Morgan fingerprint density at radius 2 is 2.08 bits per heavy atom. The second-order valence-corrected chi connectivity index (χ2v) is 6.89. The summed E-state index contributed by atoms with van der Waals surface area (Å²) in [6.07, 6.45) is 4.50. The van der Waals surface area contributed by atoms with Crippen molar-refractivity contribution >= 4 is 34.2 Å². The number of aryl methyl sites for hydroxylation is 1. The summed E-state index contributed by atoms with van der Waals surface area (Å²) in [6, 6.07) is 6.43. The van der Waals surface area contributed by atoms with Gasteiger partial charge in [0.1, 0.15) is 5.75 Å². The number of halogens is 2. The number of nitrogens with one attached hydrogen (secondary N) is 1. The predicted octanol–water partition coefficient (Wildman–Crippen LogP) is 3.80. The van der Waals surface area contributed by atoms with Gasteiger partial charge in [-0.05, 0) is 72.4 Å². The lowest BCUT2D eigenvalue weighted by Gasteiger charge is -2.34. The number of nitrogens with zero attached hydrogens (tertiary/aromatic N) is 1. The summed E-state index contributed by atoms with van der Waals surface area (Å²) >= 11 is 3.50. The van der Waals surface area contributed by atoms with Crippen molar-refractivity contribution in [2.75, 3.05) is 26.7 Å². The van der Waals surface area contributed by atoms with Gasteiger partial charge in [-0.3, -0.25) is 4.79 Å². The number of hydrogen-bond donors (Lipinski definition) is 1. The predicted molar refractivity (Wildman–Crippen MR) is 104 cm³/mol. The Morgan fingerprint density at radius 1 is 1.38 bits per heavy atom. The van der Waals surface area contributed by atoms with Gasteiger partial charge in [-0.2, -0.15) is 0 Å². The van der Waals surface area contributed by atoms with Crippen LogP contribution in [-0.4, -0.2) is 43.6 Å². The minimum atomic E-state index is 0. The van der Waals surface area contributed by atoms with Crippen molar-refractivity contribution < 1.29 is 9.53 Å². The monoisotopic (exact) mass is 418 g/mol. The van der Waals surface area contributed by atoms with E-state index >= 15 is 0 Å². The molecule has 1 saturated heterocycles. The molecular weight excluding hydrogens is 392 g/mol. The third-order valence-corrected chi connectivity index (χ3v) is 5.00. The highest BCUT2D eigenvalue weighted by atomic mass is 79.9. The average Bonchev–Trinajstić information content (AvgIpc) is 2.58. The van der Waals surface area contributed by atoms with Crippen molar-refractivity contribution in [3.63, 3.8) is 0 Å². The second-order valence-electron chi connectivity index (χ2n) is 6.04. The molecule has 24 heavy (non-hydrogen) atoms. The van der Waals surface area contributed by atoms with Gasteiger partial charge in [0.15, 0.2) is 0 Å². The van der Waals surface area contributed by atoms with Gasteiger partial charge >= 0.3 is 0 Å². The zero-order chi connectivity index (χ0) is 16.7. The number of benzene rings is 1. The van der Waals surface area contributed by atoms with E-state index in [9.17, 15) is 4.79 Å². The lowest BCUT2D eigenvalue weighted by atomic mass is 10.0. The molecule has 1 N–H and O–H groups in total. The summed E-state index contributed by atoms with van der Waals surface area (Å²) in [4.78, 5) is 14.8. The molecule has 2 rings (SSSR count). The molecule has 0 unspecified atom stereocenters. The lowest BCUT2D eigenvalue weighted by Crippen LogP contribution is -2.46. The van der Waals surface area contributed by atoms with Crippen molar-refractivity contribution in [2.24, 2.45) is 0 Å². The largest absolute Gasteiger partial charge is 0.496 e. The maximum absolute atomic E-state index is 12.7. The number of piperidine rings is 1.